The predicted octanol–water partition coefficient (Wildman–Crippen LogP) is 3.72. The Hall–Kier alpha value is -4.05. The number of hydrogen-bond acceptors (Lipinski definition) is 7. The van der Waals surface area contributed by atoms with Crippen LogP contribution in [0.4, 0.5) is 10.2 Å². The van der Waals surface area contributed by atoms with Crippen molar-refractivity contribution < 1.29 is 18.7 Å². The van der Waals surface area contributed by atoms with Gasteiger partial charge in [0.1, 0.15) is 11.5 Å². The fourth-order valence-corrected chi connectivity index (χ4v) is 3.71. The Morgan fingerprint density at radius 3 is 2.72 bits per heavy atom. The molecule has 0 unspecified atom stereocenters. The van der Waals surface area contributed by atoms with E-state index in [9.17, 15) is 9.18 Å². The van der Waals surface area contributed by atoms with Crippen molar-refractivity contribution in [3.05, 3.63) is 78.1 Å². The molecule has 1 amide bonds. The lowest BCUT2D eigenvalue weighted by Crippen LogP contribution is -2.28. The molecule has 4 heterocycles. The topological polar surface area (TPSA) is 103 Å². The number of ether oxygens (including phenoxy) is 2. The molecule has 0 bridgehead atoms. The average molecular weight is 493 g/mol. The standard InChI is InChI=1S/C22H23FN4O3.C4H6N2/c1-29-20-5-2-14(10-17(20)23)12-25-22(28)18-4-3-15-13-24-21(11-19(15)27-18)26-16-6-8-30-9-7-16;1-6-4-2-3-5-6/h2-5,10-11,13,16H,6-9,12H2,1H3,(H,24,26)(H,25,28);2-4H,1H3. The fourth-order valence-electron chi connectivity index (χ4n) is 3.71. The quantitative estimate of drug-likeness (QED) is 0.423. The number of nitrogens with zero attached hydrogens (tertiary/aromatic N) is 4. The second kappa shape index (κ2) is 12.1. The summed E-state index contributed by atoms with van der Waals surface area (Å²) in [5.41, 5.74) is 1.61. The van der Waals surface area contributed by atoms with Gasteiger partial charge in [-0.3, -0.25) is 9.48 Å². The Bertz CT molecular complexity index is 1290. The molecular formula is C26H29FN6O3. The van der Waals surface area contributed by atoms with E-state index in [1.807, 2.05) is 31.4 Å². The summed E-state index contributed by atoms with van der Waals surface area (Å²) in [5.74, 6) is 0.0993. The molecule has 4 aromatic rings. The number of halogens is 1. The molecule has 0 spiro atoms. The molecule has 0 atom stereocenters. The number of hydrogen-bond donors (Lipinski definition) is 2. The van der Waals surface area contributed by atoms with Crippen LogP contribution in [-0.4, -0.2) is 52.0 Å². The first-order valence-electron chi connectivity index (χ1n) is 11.7. The van der Waals surface area contributed by atoms with Crippen LogP contribution in [0.25, 0.3) is 10.9 Å². The van der Waals surface area contributed by atoms with Crippen LogP contribution in [0.2, 0.25) is 0 Å². The van der Waals surface area contributed by atoms with Crippen LogP contribution < -0.4 is 15.4 Å². The molecule has 9 nitrogen and oxygen atoms in total. The third kappa shape index (κ3) is 6.76. The van der Waals surface area contributed by atoms with Gasteiger partial charge in [0.15, 0.2) is 11.6 Å². The number of pyridine rings is 2. The minimum absolute atomic E-state index is 0.167. The first-order valence-corrected chi connectivity index (χ1v) is 11.7. The highest BCUT2D eigenvalue weighted by Gasteiger charge is 2.15. The molecular weight excluding hydrogens is 463 g/mol. The smallest absolute Gasteiger partial charge is 0.270 e. The highest BCUT2D eigenvalue weighted by Crippen LogP contribution is 2.19. The summed E-state index contributed by atoms with van der Waals surface area (Å²) in [6, 6.07) is 12.1. The van der Waals surface area contributed by atoms with Crippen molar-refractivity contribution in [3.63, 3.8) is 0 Å². The lowest BCUT2D eigenvalue weighted by Gasteiger charge is -2.23. The van der Waals surface area contributed by atoms with Crippen molar-refractivity contribution in [2.45, 2.75) is 25.4 Å². The van der Waals surface area contributed by atoms with Crippen molar-refractivity contribution in [2.24, 2.45) is 7.05 Å². The molecule has 5 rings (SSSR count). The van der Waals surface area contributed by atoms with Crippen molar-refractivity contribution in [3.8, 4) is 5.75 Å². The number of methoxy groups -OCH3 is 1. The molecule has 10 heteroatoms. The van der Waals surface area contributed by atoms with Gasteiger partial charge in [0, 0.05) is 62.9 Å². The van der Waals surface area contributed by atoms with Crippen LogP contribution in [0.1, 0.15) is 28.9 Å². The summed E-state index contributed by atoms with van der Waals surface area (Å²) in [5, 5.41) is 10.9. The van der Waals surface area contributed by atoms with E-state index in [1.54, 1.807) is 29.2 Å². The lowest BCUT2D eigenvalue weighted by molar-refractivity contribution is 0.0903. The van der Waals surface area contributed by atoms with E-state index < -0.39 is 5.82 Å². The Morgan fingerprint density at radius 1 is 1.22 bits per heavy atom. The van der Waals surface area contributed by atoms with E-state index in [1.165, 1.54) is 19.2 Å². The molecule has 1 fully saturated rings. The zero-order valence-electron chi connectivity index (χ0n) is 20.3. The lowest BCUT2D eigenvalue weighted by atomic mass is 10.1. The maximum absolute atomic E-state index is 13.8. The van der Waals surface area contributed by atoms with Crippen LogP contribution >= 0.6 is 0 Å². The third-order valence-electron chi connectivity index (χ3n) is 5.69. The van der Waals surface area contributed by atoms with Crippen molar-refractivity contribution in [1.29, 1.82) is 0 Å². The Kier molecular flexibility index (Phi) is 8.40. The number of rotatable bonds is 6. The third-order valence-corrected chi connectivity index (χ3v) is 5.69. The number of carbonyl (C=O) groups excluding carboxylic acids is 1. The maximum Gasteiger partial charge on any atom is 0.270 e. The second-order valence-corrected chi connectivity index (χ2v) is 8.32. The SMILES string of the molecule is COc1ccc(CNC(=O)c2ccc3cnc(NC4CCOCC4)cc3n2)cc1F.Cn1cccn1. The van der Waals surface area contributed by atoms with Gasteiger partial charge in [-0.15, -0.1) is 0 Å². The Morgan fingerprint density at radius 2 is 2.06 bits per heavy atom. The van der Waals surface area contributed by atoms with E-state index >= 15 is 0 Å². The van der Waals surface area contributed by atoms with Gasteiger partial charge in [-0.2, -0.15) is 5.10 Å². The van der Waals surface area contributed by atoms with Gasteiger partial charge in [-0.25, -0.2) is 14.4 Å². The fraction of sp³-hybridized carbons (Fsp3) is 0.308. The normalized spacial score (nSPS) is 13.5. The van der Waals surface area contributed by atoms with E-state index in [2.05, 4.69) is 25.7 Å². The summed E-state index contributed by atoms with van der Waals surface area (Å²) < 4.78 is 25.8. The molecule has 1 saturated heterocycles. The van der Waals surface area contributed by atoms with Gasteiger partial charge in [-0.05, 0) is 48.7 Å². The van der Waals surface area contributed by atoms with Crippen molar-refractivity contribution in [1.82, 2.24) is 25.1 Å². The minimum atomic E-state index is -0.467. The van der Waals surface area contributed by atoms with E-state index in [0.29, 0.717) is 22.8 Å². The molecule has 0 aliphatic carbocycles. The predicted molar refractivity (Wildman–Crippen MR) is 134 cm³/mol. The van der Waals surface area contributed by atoms with Gasteiger partial charge in [-0.1, -0.05) is 6.07 Å². The second-order valence-electron chi connectivity index (χ2n) is 8.32. The van der Waals surface area contributed by atoms with Crippen LogP contribution in [0.5, 0.6) is 5.75 Å². The van der Waals surface area contributed by atoms with E-state index in [0.717, 1.165) is 37.3 Å². The summed E-state index contributed by atoms with van der Waals surface area (Å²) in [6.45, 7) is 1.67. The molecule has 0 radical (unpaired) electrons. The zero-order chi connectivity index (χ0) is 25.3. The van der Waals surface area contributed by atoms with Gasteiger partial charge < -0.3 is 20.1 Å². The van der Waals surface area contributed by atoms with E-state index in [-0.39, 0.29) is 18.2 Å². The molecule has 2 N–H and O–H groups in total. The van der Waals surface area contributed by atoms with Crippen molar-refractivity contribution >= 4 is 22.6 Å². The Balaban J connectivity index is 0.000000445. The molecule has 188 valence electrons. The monoisotopic (exact) mass is 492 g/mol. The molecule has 0 saturated carbocycles. The van der Waals surface area contributed by atoms with Crippen LogP contribution in [-0.2, 0) is 18.3 Å². The van der Waals surface area contributed by atoms with Crippen LogP contribution in [0.3, 0.4) is 0 Å². The first-order chi connectivity index (χ1) is 17.5. The molecule has 1 aliphatic rings. The molecule has 3 aromatic heterocycles. The van der Waals surface area contributed by atoms with Gasteiger partial charge >= 0.3 is 0 Å². The Labute approximate surface area is 208 Å². The first kappa shape index (κ1) is 25.1. The number of aromatic nitrogens is 4. The number of benzene rings is 1. The summed E-state index contributed by atoms with van der Waals surface area (Å²) in [7, 11) is 3.30. The van der Waals surface area contributed by atoms with Crippen LogP contribution in [0.15, 0.2) is 61.1 Å². The number of anilines is 1. The molecule has 36 heavy (non-hydrogen) atoms. The van der Waals surface area contributed by atoms with Crippen LogP contribution in [0, 0.1) is 5.82 Å². The van der Waals surface area contributed by atoms with Gasteiger partial charge in [0.25, 0.3) is 5.91 Å². The van der Waals surface area contributed by atoms with Gasteiger partial charge in [0.2, 0.25) is 0 Å². The summed E-state index contributed by atoms with van der Waals surface area (Å²) in [6.07, 6.45) is 7.24. The number of amides is 1. The summed E-state index contributed by atoms with van der Waals surface area (Å²) >= 11 is 0. The summed E-state index contributed by atoms with van der Waals surface area (Å²) in [4.78, 5) is 21.4. The van der Waals surface area contributed by atoms with E-state index in [4.69, 9.17) is 9.47 Å². The number of nitrogens with one attached hydrogen (secondary N) is 2. The van der Waals surface area contributed by atoms with Crippen molar-refractivity contribution in [2.75, 3.05) is 25.6 Å². The van der Waals surface area contributed by atoms with Gasteiger partial charge in [0.05, 0.1) is 12.6 Å². The highest BCUT2D eigenvalue weighted by atomic mass is 19.1. The zero-order valence-corrected chi connectivity index (χ0v) is 20.3. The highest BCUT2D eigenvalue weighted by molar-refractivity contribution is 5.95. The molecule has 1 aromatic carbocycles. The minimum Gasteiger partial charge on any atom is -0.494 e. The average Bonchev–Trinajstić information content (AvgIpc) is 3.39. The maximum atomic E-state index is 13.8. The largest absolute Gasteiger partial charge is 0.494 e. The molecule has 1 aliphatic heterocycles. The number of aryl methyl sites for hydroxylation is 1. The number of carbonyl (C=O) groups is 1. The number of fused-ring (bicyclic) bond motifs is 1.